The zero-order valence-electron chi connectivity index (χ0n) is 20.4. The Morgan fingerprint density at radius 2 is 1.76 bits per heavy atom. The van der Waals surface area contributed by atoms with E-state index in [0.717, 1.165) is 53.8 Å². The number of hydrogen-bond acceptors (Lipinski definition) is 4. The minimum absolute atomic E-state index is 0.0967. The van der Waals surface area contributed by atoms with Gasteiger partial charge in [0.2, 0.25) is 0 Å². The first kappa shape index (κ1) is 23.7. The van der Waals surface area contributed by atoms with Crippen LogP contribution in [-0.2, 0) is 19.5 Å². The van der Waals surface area contributed by atoms with E-state index in [1.807, 2.05) is 27.3 Å². The standard InChI is InChI=1S/C27H34N6O/c1-4-5-6-9-23-19-32(17-16-20(2)3)27(34)33(23)18-21-12-14-22(15-13-21)24-10-7-8-11-25(24)26-28-30-31-29-26/h7-8,10-15,19-20H,4-6,9,16-18H2,1-3H3,(H,28,29,30,31). The van der Waals surface area contributed by atoms with Gasteiger partial charge in [-0.3, -0.25) is 9.13 Å². The molecule has 7 heteroatoms. The predicted octanol–water partition coefficient (Wildman–Crippen LogP) is 5.32. The van der Waals surface area contributed by atoms with E-state index in [4.69, 9.17) is 0 Å². The van der Waals surface area contributed by atoms with Gasteiger partial charge in [0.1, 0.15) is 0 Å². The average molecular weight is 459 g/mol. The van der Waals surface area contributed by atoms with E-state index in [2.05, 4.69) is 77.9 Å². The number of rotatable bonds is 11. The largest absolute Gasteiger partial charge is 0.328 e. The van der Waals surface area contributed by atoms with Gasteiger partial charge in [-0.2, -0.15) is 0 Å². The van der Waals surface area contributed by atoms with Crippen molar-refractivity contribution in [1.29, 1.82) is 0 Å². The van der Waals surface area contributed by atoms with E-state index in [-0.39, 0.29) is 5.69 Å². The highest BCUT2D eigenvalue weighted by atomic mass is 16.1. The van der Waals surface area contributed by atoms with Crippen LogP contribution in [0, 0.1) is 5.92 Å². The molecule has 2 heterocycles. The van der Waals surface area contributed by atoms with Crippen molar-refractivity contribution in [3.8, 4) is 22.5 Å². The molecule has 0 aliphatic heterocycles. The molecule has 2 aromatic heterocycles. The summed E-state index contributed by atoms with van der Waals surface area (Å²) in [6.45, 7) is 7.96. The molecule has 4 rings (SSSR count). The van der Waals surface area contributed by atoms with Gasteiger partial charge in [-0.15, -0.1) is 5.10 Å². The van der Waals surface area contributed by atoms with Crippen molar-refractivity contribution >= 4 is 0 Å². The molecule has 2 aromatic carbocycles. The number of tetrazole rings is 1. The van der Waals surface area contributed by atoms with E-state index >= 15 is 0 Å². The highest BCUT2D eigenvalue weighted by Gasteiger charge is 2.13. The Hall–Kier alpha value is -3.48. The van der Waals surface area contributed by atoms with Gasteiger partial charge in [0, 0.05) is 24.0 Å². The van der Waals surface area contributed by atoms with Crippen LogP contribution in [0.3, 0.4) is 0 Å². The molecule has 0 amide bonds. The SMILES string of the molecule is CCCCCc1cn(CCC(C)C)c(=O)n1Cc1ccc(-c2ccccc2-c2nnn[nH]2)cc1. The van der Waals surface area contributed by atoms with Gasteiger partial charge in [0.15, 0.2) is 5.82 Å². The third-order valence-corrected chi connectivity index (χ3v) is 6.25. The molecule has 0 unspecified atom stereocenters. The van der Waals surface area contributed by atoms with Crippen molar-refractivity contribution in [3.05, 3.63) is 76.5 Å². The monoisotopic (exact) mass is 458 g/mol. The second-order valence-corrected chi connectivity index (χ2v) is 9.31. The second kappa shape index (κ2) is 11.1. The molecule has 1 N–H and O–H groups in total. The molecule has 4 aromatic rings. The van der Waals surface area contributed by atoms with E-state index in [1.165, 1.54) is 12.8 Å². The molecule has 0 aliphatic carbocycles. The maximum absolute atomic E-state index is 13.2. The Balaban J connectivity index is 1.58. The number of nitrogens with one attached hydrogen (secondary N) is 1. The molecule has 0 aliphatic rings. The number of benzene rings is 2. The number of unbranched alkanes of at least 4 members (excludes halogenated alkanes) is 2. The van der Waals surface area contributed by atoms with E-state index in [0.29, 0.717) is 18.3 Å². The maximum atomic E-state index is 13.2. The lowest BCUT2D eigenvalue weighted by molar-refractivity contribution is 0.502. The molecule has 34 heavy (non-hydrogen) atoms. The van der Waals surface area contributed by atoms with Gasteiger partial charge in [0.25, 0.3) is 0 Å². The summed E-state index contributed by atoms with van der Waals surface area (Å²) in [7, 11) is 0. The molecule has 178 valence electrons. The number of aromatic amines is 1. The third kappa shape index (κ3) is 5.53. The molecule has 0 saturated carbocycles. The van der Waals surface area contributed by atoms with Crippen LogP contribution in [0.4, 0.5) is 0 Å². The average Bonchev–Trinajstić information content (AvgIpc) is 3.48. The van der Waals surface area contributed by atoms with Crippen molar-refractivity contribution in [2.24, 2.45) is 5.92 Å². The molecule has 0 radical (unpaired) electrons. The molecule has 0 atom stereocenters. The van der Waals surface area contributed by atoms with Crippen LogP contribution in [0.1, 0.15) is 57.7 Å². The molecule has 0 spiro atoms. The van der Waals surface area contributed by atoms with Crippen molar-refractivity contribution in [3.63, 3.8) is 0 Å². The fraction of sp³-hybridized carbons (Fsp3) is 0.407. The van der Waals surface area contributed by atoms with Gasteiger partial charge >= 0.3 is 5.69 Å². The summed E-state index contributed by atoms with van der Waals surface area (Å²) >= 11 is 0. The third-order valence-electron chi connectivity index (χ3n) is 6.25. The van der Waals surface area contributed by atoms with Gasteiger partial charge in [-0.25, -0.2) is 9.89 Å². The molecular weight excluding hydrogens is 424 g/mol. The summed E-state index contributed by atoms with van der Waals surface area (Å²) in [5.74, 6) is 1.22. The van der Waals surface area contributed by atoms with Crippen LogP contribution < -0.4 is 5.69 Å². The first-order chi connectivity index (χ1) is 16.6. The van der Waals surface area contributed by atoms with Gasteiger partial charge in [0.05, 0.1) is 6.54 Å². The quantitative estimate of drug-likeness (QED) is 0.308. The summed E-state index contributed by atoms with van der Waals surface area (Å²) < 4.78 is 3.86. The number of aryl methyl sites for hydroxylation is 2. The Morgan fingerprint density at radius 3 is 2.44 bits per heavy atom. The van der Waals surface area contributed by atoms with Crippen molar-refractivity contribution in [1.82, 2.24) is 29.8 Å². The van der Waals surface area contributed by atoms with Crippen molar-refractivity contribution < 1.29 is 0 Å². The smallest absolute Gasteiger partial charge is 0.299 e. The van der Waals surface area contributed by atoms with Gasteiger partial charge < -0.3 is 0 Å². The molecular formula is C27H34N6O. The number of imidazole rings is 1. The molecule has 0 saturated heterocycles. The minimum Gasteiger partial charge on any atom is -0.299 e. The first-order valence-corrected chi connectivity index (χ1v) is 12.3. The van der Waals surface area contributed by atoms with Crippen molar-refractivity contribution in [2.75, 3.05) is 0 Å². The zero-order valence-corrected chi connectivity index (χ0v) is 20.4. The lowest BCUT2D eigenvalue weighted by atomic mass is 9.98. The Bertz CT molecular complexity index is 1240. The van der Waals surface area contributed by atoms with E-state index < -0.39 is 0 Å². The fourth-order valence-electron chi connectivity index (χ4n) is 4.25. The van der Waals surface area contributed by atoms with Crippen molar-refractivity contribution in [2.45, 2.75) is 66.0 Å². The molecule has 7 nitrogen and oxygen atoms in total. The van der Waals surface area contributed by atoms with E-state index in [1.54, 1.807) is 0 Å². The van der Waals surface area contributed by atoms with Crippen LogP contribution in [-0.4, -0.2) is 29.8 Å². The number of hydrogen-bond donors (Lipinski definition) is 1. The summed E-state index contributed by atoms with van der Waals surface area (Å²) in [5, 5.41) is 14.3. The summed E-state index contributed by atoms with van der Waals surface area (Å²) in [4.78, 5) is 13.2. The number of H-pyrrole nitrogens is 1. The molecule has 0 fully saturated rings. The van der Waals surface area contributed by atoms with Crippen LogP contribution in [0.15, 0.2) is 59.5 Å². The van der Waals surface area contributed by atoms with Crippen LogP contribution in [0.5, 0.6) is 0 Å². The summed E-state index contributed by atoms with van der Waals surface area (Å²) in [6, 6.07) is 16.5. The Morgan fingerprint density at radius 1 is 1.00 bits per heavy atom. The predicted molar refractivity (Wildman–Crippen MR) is 136 cm³/mol. The number of aromatic nitrogens is 6. The highest BCUT2D eigenvalue weighted by Crippen LogP contribution is 2.29. The van der Waals surface area contributed by atoms with E-state index in [9.17, 15) is 4.79 Å². The topological polar surface area (TPSA) is 81.4 Å². The number of nitrogens with zero attached hydrogens (tertiary/aromatic N) is 5. The maximum Gasteiger partial charge on any atom is 0.328 e. The second-order valence-electron chi connectivity index (χ2n) is 9.31. The fourth-order valence-corrected chi connectivity index (χ4v) is 4.25. The van der Waals surface area contributed by atoms with Crippen LogP contribution in [0.2, 0.25) is 0 Å². The highest BCUT2D eigenvalue weighted by molar-refractivity contribution is 5.80. The normalized spacial score (nSPS) is 11.4. The lowest BCUT2D eigenvalue weighted by Gasteiger charge is -2.10. The Kier molecular flexibility index (Phi) is 7.72. The minimum atomic E-state index is 0.0967. The lowest BCUT2D eigenvalue weighted by Crippen LogP contribution is -2.26. The van der Waals surface area contributed by atoms with Crippen LogP contribution in [0.25, 0.3) is 22.5 Å². The van der Waals surface area contributed by atoms with Gasteiger partial charge in [-0.05, 0) is 52.3 Å². The van der Waals surface area contributed by atoms with Crippen LogP contribution >= 0.6 is 0 Å². The Labute approximate surface area is 200 Å². The zero-order chi connectivity index (χ0) is 23.9. The summed E-state index contributed by atoms with van der Waals surface area (Å²) in [5.41, 5.74) is 5.44. The molecule has 0 bridgehead atoms. The first-order valence-electron chi connectivity index (χ1n) is 12.3. The van der Waals surface area contributed by atoms with Gasteiger partial charge in [-0.1, -0.05) is 82.1 Å². The summed E-state index contributed by atoms with van der Waals surface area (Å²) in [6.07, 6.45) is 7.49.